The highest BCUT2D eigenvalue weighted by Crippen LogP contribution is 2.41. The number of urea groups is 1. The Morgan fingerprint density at radius 3 is 2.38 bits per heavy atom. The van der Waals surface area contributed by atoms with E-state index in [9.17, 15) is 14.4 Å². The van der Waals surface area contributed by atoms with Gasteiger partial charge in [0.05, 0.1) is 13.7 Å². The predicted molar refractivity (Wildman–Crippen MR) is 183 cm³/mol. The lowest BCUT2D eigenvalue weighted by Crippen LogP contribution is -2.51. The molecule has 3 fully saturated rings. The van der Waals surface area contributed by atoms with Crippen molar-refractivity contribution < 1.29 is 38.1 Å². The van der Waals surface area contributed by atoms with Gasteiger partial charge in [-0.25, -0.2) is 9.59 Å². The van der Waals surface area contributed by atoms with Gasteiger partial charge in [0.15, 0.2) is 11.5 Å². The molecule has 4 amide bonds. The van der Waals surface area contributed by atoms with Gasteiger partial charge >= 0.3 is 12.1 Å². The number of hydrogen-bond acceptors (Lipinski definition) is 8. The van der Waals surface area contributed by atoms with E-state index in [0.717, 1.165) is 38.9 Å². The summed E-state index contributed by atoms with van der Waals surface area (Å²) in [5.74, 6) is 1.53. The molecule has 1 aromatic rings. The molecular weight excluding hydrogens is 616 g/mol. The summed E-state index contributed by atoms with van der Waals surface area (Å²) >= 11 is 0. The number of nitrogens with zero attached hydrogens (tertiary/aromatic N) is 2. The zero-order valence-corrected chi connectivity index (χ0v) is 30.0. The van der Waals surface area contributed by atoms with Crippen molar-refractivity contribution >= 4 is 18.0 Å². The summed E-state index contributed by atoms with van der Waals surface area (Å²) in [5, 5.41) is 6.41. The quantitative estimate of drug-likeness (QED) is 0.250. The maximum Gasteiger partial charge on any atom is 0.410 e. The molecule has 1 aliphatic carbocycles. The summed E-state index contributed by atoms with van der Waals surface area (Å²) in [6.45, 7) is 13.9. The third kappa shape index (κ3) is 10.9. The average Bonchev–Trinajstić information content (AvgIpc) is 3.81. The Hall–Kier alpha value is -3.25. The Labute approximate surface area is 286 Å². The smallest absolute Gasteiger partial charge is 0.410 e. The minimum Gasteiger partial charge on any atom is -0.493 e. The molecule has 1 unspecified atom stereocenters. The van der Waals surface area contributed by atoms with Gasteiger partial charge in [0.2, 0.25) is 0 Å². The first-order valence-corrected chi connectivity index (χ1v) is 17.6. The van der Waals surface area contributed by atoms with Gasteiger partial charge in [0.25, 0.3) is 5.91 Å². The largest absolute Gasteiger partial charge is 0.493 e. The third-order valence-electron chi connectivity index (χ3n) is 9.40. The van der Waals surface area contributed by atoms with Gasteiger partial charge in [-0.05, 0) is 90.3 Å². The molecule has 2 heterocycles. The summed E-state index contributed by atoms with van der Waals surface area (Å²) in [6, 6.07) is 4.83. The Kier molecular flexibility index (Phi) is 13.6. The van der Waals surface area contributed by atoms with E-state index in [2.05, 4.69) is 10.6 Å². The van der Waals surface area contributed by atoms with Crippen LogP contribution in [0.4, 0.5) is 9.59 Å². The molecule has 2 saturated heterocycles. The maximum absolute atomic E-state index is 14.2. The van der Waals surface area contributed by atoms with Crippen LogP contribution in [-0.4, -0.2) is 112 Å². The first-order valence-electron chi connectivity index (χ1n) is 17.6. The van der Waals surface area contributed by atoms with Gasteiger partial charge in [0, 0.05) is 89.0 Å². The molecule has 1 aromatic carbocycles. The van der Waals surface area contributed by atoms with Crippen LogP contribution in [-0.2, 0) is 14.2 Å². The standard InChI is InChI=1S/C36H58N4O8/c1-24(2)40(33(41)27-11-12-30(45-7)31(19-27)47-16-8-15-44-6)22-28-21-39(35(43)48-36(3,4)5)23-29(28)32(26-9-10-26)38-34(42)37-20-25-13-17-46-18-14-25/h11-12,19,24-26,28-29,32H,8-10,13-18,20-23H2,1-7H3,(H2,37,38,42)/t28-,29-,32?/m0/s1. The molecule has 270 valence electrons. The summed E-state index contributed by atoms with van der Waals surface area (Å²) in [7, 11) is 3.22. The summed E-state index contributed by atoms with van der Waals surface area (Å²) in [6.07, 6.45) is 4.25. The van der Waals surface area contributed by atoms with Crippen LogP contribution in [0.5, 0.6) is 11.5 Å². The zero-order valence-electron chi connectivity index (χ0n) is 30.0. The number of likely N-dealkylation sites (tertiary alicyclic amines) is 1. The topological polar surface area (TPSA) is 128 Å². The number of methoxy groups -OCH3 is 2. The number of carbonyl (C=O) groups excluding carboxylic acids is 3. The van der Waals surface area contributed by atoms with E-state index in [-0.39, 0.29) is 42.0 Å². The molecule has 0 radical (unpaired) electrons. The summed E-state index contributed by atoms with van der Waals surface area (Å²) < 4.78 is 27.8. The van der Waals surface area contributed by atoms with E-state index < -0.39 is 5.60 Å². The SMILES string of the molecule is COCCCOc1cc(C(=O)N(C[C@@H]2CN(C(=O)OC(C)(C)C)C[C@@H]2C(NC(=O)NCC2CCOCC2)C2CC2)C(C)C)ccc1OC. The van der Waals surface area contributed by atoms with E-state index in [1.54, 1.807) is 37.3 Å². The maximum atomic E-state index is 14.2. The minimum absolute atomic E-state index is 0.0524. The van der Waals surface area contributed by atoms with Crippen LogP contribution in [0.1, 0.15) is 77.1 Å². The van der Waals surface area contributed by atoms with Gasteiger partial charge in [-0.3, -0.25) is 4.79 Å². The monoisotopic (exact) mass is 674 g/mol. The fourth-order valence-electron chi connectivity index (χ4n) is 6.65. The molecule has 0 bridgehead atoms. The van der Waals surface area contributed by atoms with Gasteiger partial charge in [-0.15, -0.1) is 0 Å². The van der Waals surface area contributed by atoms with Gasteiger partial charge in [-0.2, -0.15) is 0 Å². The molecule has 2 N–H and O–H groups in total. The molecule has 0 spiro atoms. The molecule has 3 aliphatic rings. The second-order valence-electron chi connectivity index (χ2n) is 14.7. The van der Waals surface area contributed by atoms with Crippen molar-refractivity contribution in [1.82, 2.24) is 20.4 Å². The van der Waals surface area contributed by atoms with Crippen LogP contribution in [0.25, 0.3) is 0 Å². The molecular formula is C36H58N4O8. The number of rotatable bonds is 15. The van der Waals surface area contributed by atoms with Crippen LogP contribution in [0.3, 0.4) is 0 Å². The Morgan fingerprint density at radius 1 is 1.02 bits per heavy atom. The number of nitrogens with one attached hydrogen (secondary N) is 2. The van der Waals surface area contributed by atoms with E-state index in [1.165, 1.54) is 0 Å². The minimum atomic E-state index is -0.638. The number of amides is 4. The van der Waals surface area contributed by atoms with E-state index >= 15 is 0 Å². The number of ether oxygens (including phenoxy) is 5. The highest BCUT2D eigenvalue weighted by Gasteiger charge is 2.47. The highest BCUT2D eigenvalue weighted by atomic mass is 16.6. The van der Waals surface area contributed by atoms with Crippen molar-refractivity contribution in [2.45, 2.75) is 84.4 Å². The van der Waals surface area contributed by atoms with Crippen LogP contribution in [0.2, 0.25) is 0 Å². The van der Waals surface area contributed by atoms with Gasteiger partial charge < -0.3 is 44.1 Å². The number of benzene rings is 1. The molecule has 12 heteroatoms. The Balaban J connectivity index is 1.53. The van der Waals surface area contributed by atoms with Crippen molar-refractivity contribution in [2.75, 3.05) is 66.8 Å². The lowest BCUT2D eigenvalue weighted by molar-refractivity contribution is 0.0280. The summed E-state index contributed by atoms with van der Waals surface area (Å²) in [4.78, 5) is 44.4. The molecule has 1 saturated carbocycles. The molecule has 48 heavy (non-hydrogen) atoms. The lowest BCUT2D eigenvalue weighted by atomic mass is 9.85. The fourth-order valence-corrected chi connectivity index (χ4v) is 6.65. The lowest BCUT2D eigenvalue weighted by Gasteiger charge is -2.34. The second-order valence-corrected chi connectivity index (χ2v) is 14.7. The van der Waals surface area contributed by atoms with Crippen molar-refractivity contribution in [1.29, 1.82) is 0 Å². The Bertz CT molecular complexity index is 1210. The van der Waals surface area contributed by atoms with Gasteiger partial charge in [-0.1, -0.05) is 0 Å². The van der Waals surface area contributed by atoms with Crippen molar-refractivity contribution in [2.24, 2.45) is 23.7 Å². The van der Waals surface area contributed by atoms with Crippen LogP contribution in [0.15, 0.2) is 18.2 Å². The van der Waals surface area contributed by atoms with E-state index in [4.69, 9.17) is 23.7 Å². The second kappa shape index (κ2) is 17.4. The van der Waals surface area contributed by atoms with Crippen molar-refractivity contribution in [3.05, 3.63) is 23.8 Å². The Morgan fingerprint density at radius 2 is 1.75 bits per heavy atom. The third-order valence-corrected chi connectivity index (χ3v) is 9.40. The normalized spacial score (nSPS) is 20.7. The number of hydrogen-bond donors (Lipinski definition) is 2. The predicted octanol–water partition coefficient (Wildman–Crippen LogP) is 4.95. The molecule has 0 aromatic heterocycles. The molecule has 2 aliphatic heterocycles. The first kappa shape index (κ1) is 37.6. The first-order chi connectivity index (χ1) is 22.9. The van der Waals surface area contributed by atoms with E-state index in [1.807, 2.05) is 39.5 Å². The number of carbonyl (C=O) groups is 3. The van der Waals surface area contributed by atoms with Crippen LogP contribution in [0, 0.1) is 23.7 Å². The van der Waals surface area contributed by atoms with Gasteiger partial charge in [0.1, 0.15) is 5.60 Å². The van der Waals surface area contributed by atoms with Crippen LogP contribution >= 0.6 is 0 Å². The molecule has 3 atom stereocenters. The highest BCUT2D eigenvalue weighted by molar-refractivity contribution is 5.95. The zero-order chi connectivity index (χ0) is 34.8. The average molecular weight is 675 g/mol. The molecule has 4 rings (SSSR count). The van der Waals surface area contributed by atoms with Crippen molar-refractivity contribution in [3.8, 4) is 11.5 Å². The van der Waals surface area contributed by atoms with Crippen LogP contribution < -0.4 is 20.1 Å². The van der Waals surface area contributed by atoms with Crippen molar-refractivity contribution in [3.63, 3.8) is 0 Å². The summed E-state index contributed by atoms with van der Waals surface area (Å²) in [5.41, 5.74) is -0.144. The molecule has 12 nitrogen and oxygen atoms in total. The fraction of sp³-hybridized carbons (Fsp3) is 0.750. The van der Waals surface area contributed by atoms with E-state index in [0.29, 0.717) is 74.7 Å².